The van der Waals surface area contributed by atoms with Crippen LogP contribution in [0.3, 0.4) is 0 Å². The lowest BCUT2D eigenvalue weighted by Gasteiger charge is -2.34. The van der Waals surface area contributed by atoms with Gasteiger partial charge in [0.2, 0.25) is 5.91 Å². The second-order valence-corrected chi connectivity index (χ2v) is 5.97. The zero-order chi connectivity index (χ0) is 13.8. The molecule has 0 aromatic carbocycles. The lowest BCUT2D eigenvalue weighted by Crippen LogP contribution is -2.49. The van der Waals surface area contributed by atoms with Gasteiger partial charge in [-0.3, -0.25) is 14.4 Å². The summed E-state index contributed by atoms with van der Waals surface area (Å²) in [5, 5.41) is 6.19. The van der Waals surface area contributed by atoms with Crippen LogP contribution >= 0.6 is 11.3 Å². The topological polar surface area (TPSA) is 41.4 Å². The van der Waals surface area contributed by atoms with Crippen molar-refractivity contribution in [2.75, 3.05) is 26.2 Å². The van der Waals surface area contributed by atoms with Gasteiger partial charge in [-0.1, -0.05) is 6.07 Å². The molecule has 0 saturated carbocycles. The van der Waals surface area contributed by atoms with Gasteiger partial charge in [0.25, 0.3) is 0 Å². The molecule has 20 heavy (non-hydrogen) atoms. The van der Waals surface area contributed by atoms with E-state index in [1.165, 1.54) is 4.88 Å². The molecule has 3 rings (SSSR count). The van der Waals surface area contributed by atoms with Crippen molar-refractivity contribution in [1.29, 1.82) is 0 Å². The fraction of sp³-hybridized carbons (Fsp3) is 0.429. The summed E-state index contributed by atoms with van der Waals surface area (Å²) in [4.78, 5) is 17.9. The summed E-state index contributed by atoms with van der Waals surface area (Å²) in [6.45, 7) is 4.86. The summed E-state index contributed by atoms with van der Waals surface area (Å²) in [5.74, 6) is 0.157. The predicted molar refractivity (Wildman–Crippen MR) is 78.4 cm³/mol. The van der Waals surface area contributed by atoms with E-state index in [1.807, 2.05) is 17.2 Å². The Morgan fingerprint density at radius 3 is 2.75 bits per heavy atom. The van der Waals surface area contributed by atoms with Gasteiger partial charge in [0, 0.05) is 50.0 Å². The van der Waals surface area contributed by atoms with Gasteiger partial charge in [0.05, 0.1) is 0 Å². The maximum absolute atomic E-state index is 12.1. The highest BCUT2D eigenvalue weighted by Gasteiger charge is 2.21. The minimum Gasteiger partial charge on any atom is -0.339 e. The maximum atomic E-state index is 12.1. The first-order chi connectivity index (χ1) is 9.81. The van der Waals surface area contributed by atoms with Crippen LogP contribution in [-0.4, -0.2) is 51.7 Å². The monoisotopic (exact) mass is 290 g/mol. The Morgan fingerprint density at radius 1 is 1.25 bits per heavy atom. The van der Waals surface area contributed by atoms with E-state index in [4.69, 9.17) is 0 Å². The number of piperazine rings is 1. The summed E-state index contributed by atoms with van der Waals surface area (Å²) < 4.78 is 1.68. The lowest BCUT2D eigenvalue weighted by atomic mass is 10.3. The Bertz CT molecular complexity index is 530. The minimum absolute atomic E-state index is 0.157. The van der Waals surface area contributed by atoms with Gasteiger partial charge in [-0.25, -0.2) is 0 Å². The third-order valence-electron chi connectivity index (χ3n) is 3.54. The predicted octanol–water partition coefficient (Wildman–Crippen LogP) is 1.29. The highest BCUT2D eigenvalue weighted by atomic mass is 32.1. The van der Waals surface area contributed by atoms with Crippen LogP contribution in [0.15, 0.2) is 36.0 Å². The zero-order valence-corrected chi connectivity index (χ0v) is 12.1. The molecule has 0 N–H and O–H groups in total. The molecular weight excluding hydrogens is 272 g/mol. The van der Waals surface area contributed by atoms with Gasteiger partial charge in [0.1, 0.15) is 6.54 Å². The molecule has 6 heteroatoms. The summed E-state index contributed by atoms with van der Waals surface area (Å²) in [6, 6.07) is 6.09. The van der Waals surface area contributed by atoms with Crippen molar-refractivity contribution in [2.45, 2.75) is 13.1 Å². The Hall–Kier alpha value is -1.66. The fourth-order valence-corrected chi connectivity index (χ4v) is 3.16. The number of carbonyl (C=O) groups is 1. The molecule has 2 aromatic heterocycles. The molecule has 1 saturated heterocycles. The molecule has 1 aliphatic rings. The molecule has 106 valence electrons. The molecule has 0 unspecified atom stereocenters. The fourth-order valence-electron chi connectivity index (χ4n) is 2.41. The molecule has 1 aliphatic heterocycles. The third-order valence-corrected chi connectivity index (χ3v) is 4.40. The average Bonchev–Trinajstić information content (AvgIpc) is 3.13. The Balaban J connectivity index is 1.47. The minimum atomic E-state index is 0.157. The number of hydrogen-bond acceptors (Lipinski definition) is 4. The smallest absolute Gasteiger partial charge is 0.244 e. The van der Waals surface area contributed by atoms with Gasteiger partial charge in [-0.2, -0.15) is 5.10 Å². The van der Waals surface area contributed by atoms with E-state index in [2.05, 4.69) is 27.5 Å². The van der Waals surface area contributed by atoms with Gasteiger partial charge in [0.15, 0.2) is 0 Å². The summed E-state index contributed by atoms with van der Waals surface area (Å²) in [6.07, 6.45) is 3.52. The first-order valence-corrected chi connectivity index (χ1v) is 7.69. The molecule has 0 radical (unpaired) electrons. The Kier molecular flexibility index (Phi) is 4.13. The van der Waals surface area contributed by atoms with Crippen LogP contribution in [0.2, 0.25) is 0 Å². The third kappa shape index (κ3) is 3.26. The van der Waals surface area contributed by atoms with Gasteiger partial charge >= 0.3 is 0 Å². The number of rotatable bonds is 4. The molecular formula is C14H18N4OS. The number of hydrogen-bond donors (Lipinski definition) is 0. The second-order valence-electron chi connectivity index (χ2n) is 4.94. The standard InChI is InChI=1S/C14H18N4OS/c19-14(12-18-5-2-4-15-18)17-8-6-16(7-9-17)11-13-3-1-10-20-13/h1-5,10H,6-9,11-12H2. The van der Waals surface area contributed by atoms with Gasteiger partial charge in [-0.05, 0) is 17.5 Å². The maximum Gasteiger partial charge on any atom is 0.244 e. The summed E-state index contributed by atoms with van der Waals surface area (Å²) in [7, 11) is 0. The van der Waals surface area contributed by atoms with E-state index >= 15 is 0 Å². The van der Waals surface area contributed by atoms with Crippen molar-refractivity contribution in [1.82, 2.24) is 19.6 Å². The SMILES string of the molecule is O=C(Cn1cccn1)N1CCN(Cc2cccs2)CC1. The Labute approximate surface area is 122 Å². The summed E-state index contributed by atoms with van der Waals surface area (Å²) >= 11 is 1.79. The highest BCUT2D eigenvalue weighted by Crippen LogP contribution is 2.13. The molecule has 3 heterocycles. The average molecular weight is 290 g/mol. The summed E-state index contributed by atoms with van der Waals surface area (Å²) in [5.41, 5.74) is 0. The molecule has 0 aliphatic carbocycles. The van der Waals surface area contributed by atoms with E-state index in [9.17, 15) is 4.79 Å². The highest BCUT2D eigenvalue weighted by molar-refractivity contribution is 7.09. The van der Waals surface area contributed by atoms with E-state index < -0.39 is 0 Å². The van der Waals surface area contributed by atoms with Crippen LogP contribution in [-0.2, 0) is 17.9 Å². The number of nitrogens with zero attached hydrogens (tertiary/aromatic N) is 4. The van der Waals surface area contributed by atoms with Crippen molar-refractivity contribution >= 4 is 17.2 Å². The first kappa shape index (κ1) is 13.3. The van der Waals surface area contributed by atoms with E-state index in [1.54, 1.807) is 22.2 Å². The number of amides is 1. The van der Waals surface area contributed by atoms with Crippen LogP contribution < -0.4 is 0 Å². The van der Waals surface area contributed by atoms with Crippen molar-refractivity contribution < 1.29 is 4.79 Å². The number of thiophene rings is 1. The van der Waals surface area contributed by atoms with Crippen LogP contribution in [0.25, 0.3) is 0 Å². The van der Waals surface area contributed by atoms with E-state index in [0.29, 0.717) is 6.54 Å². The quantitative estimate of drug-likeness (QED) is 0.852. The van der Waals surface area contributed by atoms with Crippen LogP contribution in [0.1, 0.15) is 4.88 Å². The molecule has 0 atom stereocenters. The molecule has 1 fully saturated rings. The zero-order valence-electron chi connectivity index (χ0n) is 11.3. The normalized spacial score (nSPS) is 16.5. The Morgan fingerprint density at radius 2 is 2.10 bits per heavy atom. The molecule has 1 amide bonds. The van der Waals surface area contributed by atoms with Crippen molar-refractivity contribution in [2.24, 2.45) is 0 Å². The largest absolute Gasteiger partial charge is 0.339 e. The van der Waals surface area contributed by atoms with Gasteiger partial charge < -0.3 is 4.90 Å². The van der Waals surface area contributed by atoms with Crippen molar-refractivity contribution in [3.63, 3.8) is 0 Å². The molecule has 0 bridgehead atoms. The first-order valence-electron chi connectivity index (χ1n) is 6.81. The number of aromatic nitrogens is 2. The molecule has 5 nitrogen and oxygen atoms in total. The molecule has 2 aromatic rings. The second kappa shape index (κ2) is 6.19. The molecule has 0 spiro atoms. The number of carbonyl (C=O) groups excluding carboxylic acids is 1. The van der Waals surface area contributed by atoms with Gasteiger partial charge in [-0.15, -0.1) is 11.3 Å². The van der Waals surface area contributed by atoms with Crippen LogP contribution in [0.5, 0.6) is 0 Å². The van der Waals surface area contributed by atoms with Crippen LogP contribution in [0, 0.1) is 0 Å². The van der Waals surface area contributed by atoms with Crippen LogP contribution in [0.4, 0.5) is 0 Å². The van der Waals surface area contributed by atoms with Crippen molar-refractivity contribution in [3.8, 4) is 0 Å². The van der Waals surface area contributed by atoms with Crippen molar-refractivity contribution in [3.05, 3.63) is 40.8 Å². The lowest BCUT2D eigenvalue weighted by molar-refractivity contribution is -0.133. The van der Waals surface area contributed by atoms with E-state index in [-0.39, 0.29) is 5.91 Å². The van der Waals surface area contributed by atoms with E-state index in [0.717, 1.165) is 32.7 Å².